The Kier molecular flexibility index (Phi) is 13.4. The molecule has 0 unspecified atom stereocenters. The number of carboxylic acid groups (broad SMARTS) is 1. The van der Waals surface area contributed by atoms with Crippen molar-refractivity contribution in [1.82, 2.24) is 0 Å². The van der Waals surface area contributed by atoms with E-state index in [2.05, 4.69) is 0 Å². The number of hydrogen-bond donors (Lipinski definition) is 2. The number of ether oxygens (including phenoxy) is 1. The van der Waals surface area contributed by atoms with Crippen LogP contribution in [0.2, 0.25) is 0 Å². The second-order valence-electron chi connectivity index (χ2n) is 2.60. The van der Waals surface area contributed by atoms with E-state index in [9.17, 15) is 9.59 Å². The van der Waals surface area contributed by atoms with E-state index in [4.69, 9.17) is 15.6 Å². The van der Waals surface area contributed by atoms with Crippen LogP contribution in [-0.4, -0.2) is 36.6 Å². The lowest BCUT2D eigenvalue weighted by atomic mass is 10.4. The highest BCUT2D eigenvalue weighted by Gasteiger charge is 1.93. The van der Waals surface area contributed by atoms with Gasteiger partial charge in [0, 0.05) is 13.0 Å². The maximum atomic E-state index is 9.85. The number of nitrogens with two attached hydrogens (primary N) is 1. The molecule has 0 saturated heterocycles. The fraction of sp³-hybridized carbons (Fsp3) is 0.778. The van der Waals surface area contributed by atoms with Crippen molar-refractivity contribution in [3.05, 3.63) is 0 Å². The molecule has 0 saturated carbocycles. The van der Waals surface area contributed by atoms with Crippen LogP contribution in [0.25, 0.3) is 0 Å². The average Bonchev–Trinajstić information content (AvgIpc) is 2.13. The summed E-state index contributed by atoms with van der Waals surface area (Å²) in [5.74, 6) is -0.586. The third kappa shape index (κ3) is 22.5. The molecule has 84 valence electrons. The lowest BCUT2D eigenvalue weighted by Gasteiger charge is -1.96. The number of Topliss-reactive ketones (excluding diaryl/α,β-unsaturated/α-hetero) is 1. The Balaban J connectivity index is 0. The van der Waals surface area contributed by atoms with Gasteiger partial charge in [0.2, 0.25) is 0 Å². The Morgan fingerprint density at radius 3 is 2.14 bits per heavy atom. The van der Waals surface area contributed by atoms with E-state index in [1.807, 2.05) is 6.92 Å². The zero-order chi connectivity index (χ0) is 11.4. The lowest BCUT2D eigenvalue weighted by molar-refractivity contribution is -0.138. The zero-order valence-electron chi connectivity index (χ0n) is 8.78. The summed E-state index contributed by atoms with van der Waals surface area (Å²) in [5, 5.41) is 8.10. The smallest absolute Gasteiger partial charge is 0.305 e. The zero-order valence-corrected chi connectivity index (χ0v) is 8.78. The van der Waals surface area contributed by atoms with Crippen LogP contribution in [0.4, 0.5) is 0 Å². The molecule has 0 radical (unpaired) electrons. The minimum Gasteiger partial charge on any atom is -0.481 e. The Morgan fingerprint density at radius 2 is 1.86 bits per heavy atom. The normalized spacial score (nSPS) is 8.79. The van der Waals surface area contributed by atoms with Crippen molar-refractivity contribution in [1.29, 1.82) is 0 Å². The standard InChI is InChI=1S/C5H11NO3.C4H8O/c6-2-4-9-3-1-5(7)8;1-3-4(2)5/h1-4,6H2,(H,7,8);3H2,1-2H3. The van der Waals surface area contributed by atoms with Gasteiger partial charge < -0.3 is 20.4 Å². The molecule has 5 heteroatoms. The third-order valence-electron chi connectivity index (χ3n) is 1.22. The molecule has 3 N–H and O–H groups in total. The van der Waals surface area contributed by atoms with E-state index in [0.717, 1.165) is 0 Å². The molecule has 0 amide bonds. The van der Waals surface area contributed by atoms with Gasteiger partial charge in [0.15, 0.2) is 0 Å². The number of carbonyl (C=O) groups is 2. The van der Waals surface area contributed by atoms with E-state index in [-0.39, 0.29) is 18.8 Å². The lowest BCUT2D eigenvalue weighted by Crippen LogP contribution is -2.10. The Hall–Kier alpha value is -0.940. The van der Waals surface area contributed by atoms with Crippen molar-refractivity contribution in [2.24, 2.45) is 5.73 Å². The van der Waals surface area contributed by atoms with Crippen molar-refractivity contribution in [3.8, 4) is 0 Å². The second-order valence-corrected chi connectivity index (χ2v) is 2.60. The van der Waals surface area contributed by atoms with E-state index in [0.29, 0.717) is 19.6 Å². The highest BCUT2D eigenvalue weighted by Crippen LogP contribution is 1.80. The van der Waals surface area contributed by atoms with E-state index < -0.39 is 5.97 Å². The molecule has 0 heterocycles. The molecule has 0 rings (SSSR count). The Bertz CT molecular complexity index is 159. The molecule has 0 bridgehead atoms. The maximum absolute atomic E-state index is 9.85. The first kappa shape index (κ1) is 15.5. The van der Waals surface area contributed by atoms with Crippen LogP contribution in [0.15, 0.2) is 0 Å². The summed E-state index contributed by atoms with van der Waals surface area (Å²) in [5.41, 5.74) is 5.07. The SMILES string of the molecule is CCC(C)=O.NCCOCCC(=O)O. The predicted octanol–water partition coefficient (Wildman–Crippen LogP) is 0.422. The summed E-state index contributed by atoms with van der Waals surface area (Å²) in [6.45, 7) is 4.57. The van der Waals surface area contributed by atoms with Crippen LogP contribution in [0.5, 0.6) is 0 Å². The molecule has 0 spiro atoms. The van der Waals surface area contributed by atoms with Gasteiger partial charge >= 0.3 is 5.97 Å². The second kappa shape index (κ2) is 12.1. The highest BCUT2D eigenvalue weighted by molar-refractivity contribution is 5.74. The Labute approximate surface area is 84.2 Å². The monoisotopic (exact) mass is 205 g/mol. The Morgan fingerprint density at radius 1 is 1.36 bits per heavy atom. The first-order valence-electron chi connectivity index (χ1n) is 4.53. The van der Waals surface area contributed by atoms with Crippen molar-refractivity contribution >= 4 is 11.8 Å². The molecule has 0 aliphatic carbocycles. The number of carboxylic acids is 1. The molecule has 0 aromatic carbocycles. The van der Waals surface area contributed by atoms with Crippen LogP contribution in [0.1, 0.15) is 26.7 Å². The first-order valence-corrected chi connectivity index (χ1v) is 4.53. The van der Waals surface area contributed by atoms with Gasteiger partial charge in [-0.3, -0.25) is 4.79 Å². The number of rotatable bonds is 6. The molecule has 5 nitrogen and oxygen atoms in total. The molecule has 0 fully saturated rings. The molecule has 14 heavy (non-hydrogen) atoms. The fourth-order valence-electron chi connectivity index (χ4n) is 0.345. The fourth-order valence-corrected chi connectivity index (χ4v) is 0.345. The van der Waals surface area contributed by atoms with Gasteiger partial charge in [0.05, 0.1) is 19.6 Å². The van der Waals surface area contributed by atoms with Crippen LogP contribution in [0.3, 0.4) is 0 Å². The minimum absolute atomic E-state index is 0.0556. The minimum atomic E-state index is -0.841. The molecule has 0 aromatic heterocycles. The number of carbonyl (C=O) groups excluding carboxylic acids is 1. The van der Waals surface area contributed by atoms with Crippen LogP contribution in [-0.2, 0) is 14.3 Å². The topological polar surface area (TPSA) is 89.6 Å². The van der Waals surface area contributed by atoms with Gasteiger partial charge in [0.25, 0.3) is 0 Å². The third-order valence-corrected chi connectivity index (χ3v) is 1.22. The molecule has 0 aromatic rings. The molecular formula is C9H19NO4. The van der Waals surface area contributed by atoms with Crippen LogP contribution < -0.4 is 5.73 Å². The van der Waals surface area contributed by atoms with Crippen molar-refractivity contribution in [3.63, 3.8) is 0 Å². The average molecular weight is 205 g/mol. The molecular weight excluding hydrogens is 186 g/mol. The van der Waals surface area contributed by atoms with Crippen LogP contribution >= 0.6 is 0 Å². The summed E-state index contributed by atoms with van der Waals surface area (Å²) in [7, 11) is 0. The number of aliphatic carboxylic acids is 1. The van der Waals surface area contributed by atoms with Gasteiger partial charge in [-0.25, -0.2) is 0 Å². The summed E-state index contributed by atoms with van der Waals surface area (Å²) in [4.78, 5) is 19.7. The summed E-state index contributed by atoms with van der Waals surface area (Å²) >= 11 is 0. The van der Waals surface area contributed by atoms with Gasteiger partial charge in [-0.1, -0.05) is 6.92 Å². The van der Waals surface area contributed by atoms with Crippen molar-refractivity contribution in [2.45, 2.75) is 26.7 Å². The van der Waals surface area contributed by atoms with E-state index in [1.165, 1.54) is 0 Å². The summed E-state index contributed by atoms with van der Waals surface area (Å²) in [6, 6.07) is 0. The highest BCUT2D eigenvalue weighted by atomic mass is 16.5. The van der Waals surface area contributed by atoms with Gasteiger partial charge in [-0.2, -0.15) is 0 Å². The van der Waals surface area contributed by atoms with Gasteiger partial charge in [-0.15, -0.1) is 0 Å². The van der Waals surface area contributed by atoms with Crippen molar-refractivity contribution in [2.75, 3.05) is 19.8 Å². The predicted molar refractivity (Wildman–Crippen MR) is 53.1 cm³/mol. The van der Waals surface area contributed by atoms with E-state index >= 15 is 0 Å². The summed E-state index contributed by atoms with van der Waals surface area (Å²) < 4.78 is 4.79. The summed E-state index contributed by atoms with van der Waals surface area (Å²) in [6.07, 6.45) is 0.722. The van der Waals surface area contributed by atoms with E-state index in [1.54, 1.807) is 6.92 Å². The van der Waals surface area contributed by atoms with Gasteiger partial charge in [-0.05, 0) is 6.92 Å². The number of ketones is 1. The van der Waals surface area contributed by atoms with Crippen LogP contribution in [0, 0.1) is 0 Å². The molecule has 0 aliphatic rings. The van der Waals surface area contributed by atoms with Crippen molar-refractivity contribution < 1.29 is 19.4 Å². The first-order chi connectivity index (χ1) is 6.54. The quantitative estimate of drug-likeness (QED) is 0.613. The van der Waals surface area contributed by atoms with Gasteiger partial charge in [0.1, 0.15) is 5.78 Å². The number of hydrogen-bond acceptors (Lipinski definition) is 4. The molecule has 0 aliphatic heterocycles. The maximum Gasteiger partial charge on any atom is 0.305 e. The molecule has 0 atom stereocenters. The largest absolute Gasteiger partial charge is 0.481 e.